The summed E-state index contributed by atoms with van der Waals surface area (Å²) in [4.78, 5) is 21.0. The second-order valence-corrected chi connectivity index (χ2v) is 21.8. The van der Waals surface area contributed by atoms with Crippen molar-refractivity contribution in [3.8, 4) is 118 Å². The van der Waals surface area contributed by atoms with Crippen LogP contribution in [0.5, 0.6) is 0 Å². The predicted octanol–water partition coefficient (Wildman–Crippen LogP) is 19.7. The molecule has 82 heavy (non-hydrogen) atoms. The van der Waals surface area contributed by atoms with E-state index in [2.05, 4.69) is 243 Å². The SMILES string of the molecule is CC1(C)c2ccccc2-c2cc3c4ccccc4n(-c4cc(-c5ccccc5)cc(-c5cccc(-c6cc(-c7ccccc7)c(-c7cccc(-c8nc(-c9ccccc9)nc(-c9ccccc9)n8)c7)c(-c7ccccc7)c6)c5)n4)c3cc21. The first-order valence-corrected chi connectivity index (χ1v) is 28.0. The first-order valence-electron chi connectivity index (χ1n) is 28.0. The van der Waals surface area contributed by atoms with Crippen molar-refractivity contribution in [3.63, 3.8) is 0 Å². The van der Waals surface area contributed by atoms with Gasteiger partial charge in [0.05, 0.1) is 16.7 Å². The molecule has 0 radical (unpaired) electrons. The fourth-order valence-corrected chi connectivity index (χ4v) is 12.4. The van der Waals surface area contributed by atoms with Gasteiger partial charge in [-0.3, -0.25) is 4.57 Å². The molecule has 0 saturated heterocycles. The van der Waals surface area contributed by atoms with E-state index < -0.39 is 0 Å². The van der Waals surface area contributed by atoms with E-state index in [0.29, 0.717) is 17.5 Å². The molecule has 0 aliphatic heterocycles. The summed E-state index contributed by atoms with van der Waals surface area (Å²) in [5.74, 6) is 2.73. The lowest BCUT2D eigenvalue weighted by molar-refractivity contribution is 0.661. The van der Waals surface area contributed by atoms with Gasteiger partial charge in [-0.1, -0.05) is 244 Å². The molecule has 5 heteroatoms. The predicted molar refractivity (Wildman–Crippen MR) is 338 cm³/mol. The van der Waals surface area contributed by atoms with Crippen LogP contribution >= 0.6 is 0 Å². The maximum Gasteiger partial charge on any atom is 0.164 e. The number of para-hydroxylation sites is 1. The Morgan fingerprint density at radius 2 is 0.744 bits per heavy atom. The molecule has 0 spiro atoms. The van der Waals surface area contributed by atoms with Crippen molar-refractivity contribution in [2.24, 2.45) is 0 Å². The number of hydrogen-bond acceptors (Lipinski definition) is 4. The van der Waals surface area contributed by atoms with Crippen molar-refractivity contribution >= 4 is 21.8 Å². The first-order chi connectivity index (χ1) is 40.4. The molecule has 1 aliphatic carbocycles. The Kier molecular flexibility index (Phi) is 11.8. The average Bonchev–Trinajstić information content (AvgIpc) is 4.07. The Morgan fingerprint density at radius 3 is 1.38 bits per heavy atom. The fourth-order valence-electron chi connectivity index (χ4n) is 12.4. The third-order valence-corrected chi connectivity index (χ3v) is 16.4. The third kappa shape index (κ3) is 8.50. The van der Waals surface area contributed by atoms with Gasteiger partial charge in [-0.05, 0) is 132 Å². The normalized spacial score (nSPS) is 12.4. The molecule has 14 aromatic rings. The second kappa shape index (κ2) is 19.9. The molecule has 386 valence electrons. The van der Waals surface area contributed by atoms with Crippen molar-refractivity contribution < 1.29 is 0 Å². The maximum absolute atomic E-state index is 5.69. The number of benzene rings is 11. The summed E-state index contributed by atoms with van der Waals surface area (Å²) in [6, 6.07) is 102. The van der Waals surface area contributed by atoms with Crippen LogP contribution in [0.3, 0.4) is 0 Å². The number of fused-ring (bicyclic) bond motifs is 6. The Hall–Kier alpha value is -10.6. The van der Waals surface area contributed by atoms with E-state index >= 15 is 0 Å². The maximum atomic E-state index is 5.69. The number of pyridine rings is 1. The standard InChI is InChI=1S/C77H53N5/c1-77(2)67-40-20-18-38-61(67)65-48-66-62-39-19-21-41-70(62)82(71(66)49-68(65)77)72-47-60(50-24-8-3-9-25-50)46-69(78-72)56-35-22-34-55(42-56)59-44-63(51-26-10-4-11-27-51)73(64(45-59)52-28-12-5-13-29-52)57-36-23-37-58(43-57)76-80-74(53-30-14-6-15-31-53)79-75(81-76)54-32-16-7-17-33-54/h3-49H,1-2H3. The van der Waals surface area contributed by atoms with Crippen molar-refractivity contribution in [1.29, 1.82) is 0 Å². The Balaban J connectivity index is 0.903. The van der Waals surface area contributed by atoms with Crippen LogP contribution in [0.15, 0.2) is 285 Å². The highest BCUT2D eigenvalue weighted by molar-refractivity contribution is 6.12. The molecule has 0 saturated carbocycles. The minimum Gasteiger partial charge on any atom is -0.294 e. The lowest BCUT2D eigenvalue weighted by Gasteiger charge is -2.21. The minimum atomic E-state index is -0.162. The van der Waals surface area contributed by atoms with E-state index in [1.165, 1.54) is 33.0 Å². The zero-order valence-electron chi connectivity index (χ0n) is 45.4. The van der Waals surface area contributed by atoms with Gasteiger partial charge in [-0.2, -0.15) is 0 Å². The van der Waals surface area contributed by atoms with Crippen molar-refractivity contribution in [2.45, 2.75) is 19.3 Å². The van der Waals surface area contributed by atoms with Crippen LogP contribution in [-0.2, 0) is 5.41 Å². The molecule has 1 aliphatic rings. The summed E-state index contributed by atoms with van der Waals surface area (Å²) in [7, 11) is 0. The molecule has 15 rings (SSSR count). The van der Waals surface area contributed by atoms with Crippen molar-refractivity contribution in [3.05, 3.63) is 296 Å². The third-order valence-electron chi connectivity index (χ3n) is 16.4. The highest BCUT2D eigenvalue weighted by Crippen LogP contribution is 2.51. The molecule has 0 atom stereocenters. The van der Waals surface area contributed by atoms with Gasteiger partial charge in [-0.25, -0.2) is 19.9 Å². The molecule has 5 nitrogen and oxygen atoms in total. The van der Waals surface area contributed by atoms with Crippen LogP contribution < -0.4 is 0 Å². The average molecular weight is 1050 g/mol. The van der Waals surface area contributed by atoms with E-state index in [-0.39, 0.29) is 5.41 Å². The van der Waals surface area contributed by atoms with Gasteiger partial charge in [0.25, 0.3) is 0 Å². The zero-order valence-corrected chi connectivity index (χ0v) is 45.4. The quantitative estimate of drug-likeness (QED) is 0.137. The molecular formula is C77H53N5. The topological polar surface area (TPSA) is 56.5 Å². The van der Waals surface area contributed by atoms with E-state index in [1.807, 2.05) is 60.7 Å². The molecule has 3 heterocycles. The Morgan fingerprint density at radius 1 is 0.268 bits per heavy atom. The summed E-state index contributed by atoms with van der Waals surface area (Å²) in [5.41, 5.74) is 23.1. The van der Waals surface area contributed by atoms with Gasteiger partial charge in [0, 0.05) is 38.4 Å². The number of aromatic nitrogens is 5. The first kappa shape index (κ1) is 48.5. The molecule has 0 bridgehead atoms. The highest BCUT2D eigenvalue weighted by atomic mass is 15.1. The van der Waals surface area contributed by atoms with Gasteiger partial charge in [0.1, 0.15) is 5.82 Å². The summed E-state index contributed by atoms with van der Waals surface area (Å²) in [6.07, 6.45) is 0. The minimum absolute atomic E-state index is 0.162. The molecule has 3 aromatic heterocycles. The van der Waals surface area contributed by atoms with Crippen LogP contribution in [0, 0.1) is 0 Å². The molecule has 11 aromatic carbocycles. The smallest absolute Gasteiger partial charge is 0.164 e. The zero-order chi connectivity index (χ0) is 54.7. The van der Waals surface area contributed by atoms with Crippen LogP contribution in [0.25, 0.3) is 140 Å². The molecular weight excluding hydrogens is 995 g/mol. The summed E-state index contributed by atoms with van der Waals surface area (Å²) >= 11 is 0. The monoisotopic (exact) mass is 1050 g/mol. The molecule has 0 fully saturated rings. The second-order valence-electron chi connectivity index (χ2n) is 21.8. The van der Waals surface area contributed by atoms with Crippen LogP contribution in [0.1, 0.15) is 25.0 Å². The lowest BCUT2D eigenvalue weighted by Crippen LogP contribution is -2.15. The number of nitrogens with zero attached hydrogens (tertiary/aromatic N) is 5. The number of rotatable bonds is 10. The van der Waals surface area contributed by atoms with Crippen molar-refractivity contribution in [2.75, 3.05) is 0 Å². The Labute approximate surface area is 477 Å². The van der Waals surface area contributed by atoms with E-state index in [9.17, 15) is 0 Å². The van der Waals surface area contributed by atoms with E-state index in [4.69, 9.17) is 19.9 Å². The molecule has 0 amide bonds. The van der Waals surface area contributed by atoms with Crippen molar-refractivity contribution in [1.82, 2.24) is 24.5 Å². The van der Waals surface area contributed by atoms with Crippen LogP contribution in [0.2, 0.25) is 0 Å². The van der Waals surface area contributed by atoms with Gasteiger partial charge >= 0.3 is 0 Å². The lowest BCUT2D eigenvalue weighted by atomic mass is 9.82. The van der Waals surface area contributed by atoms with E-state index in [1.54, 1.807) is 0 Å². The van der Waals surface area contributed by atoms with Gasteiger partial charge in [-0.15, -0.1) is 0 Å². The number of hydrogen-bond donors (Lipinski definition) is 0. The van der Waals surface area contributed by atoms with E-state index in [0.717, 1.165) is 100 Å². The summed E-state index contributed by atoms with van der Waals surface area (Å²) in [6.45, 7) is 4.71. The Bertz CT molecular complexity index is 4620. The fraction of sp³-hybridized carbons (Fsp3) is 0.0390. The summed E-state index contributed by atoms with van der Waals surface area (Å²) < 4.78 is 2.39. The largest absolute Gasteiger partial charge is 0.294 e. The van der Waals surface area contributed by atoms with Crippen LogP contribution in [0.4, 0.5) is 0 Å². The highest BCUT2D eigenvalue weighted by Gasteiger charge is 2.36. The van der Waals surface area contributed by atoms with Crippen LogP contribution in [-0.4, -0.2) is 24.5 Å². The summed E-state index contributed by atoms with van der Waals surface area (Å²) in [5, 5.41) is 2.42. The molecule has 0 N–H and O–H groups in total. The van der Waals surface area contributed by atoms with Gasteiger partial charge in [0.15, 0.2) is 17.5 Å². The van der Waals surface area contributed by atoms with Gasteiger partial charge in [0.2, 0.25) is 0 Å². The van der Waals surface area contributed by atoms with Gasteiger partial charge < -0.3 is 0 Å². The molecule has 0 unspecified atom stereocenters.